The minimum absolute atomic E-state index is 0.312. The number of halogens is 9. The first kappa shape index (κ1) is 14.2. The molecule has 0 N–H and O–H groups in total. The van der Waals surface area contributed by atoms with Crippen LogP contribution < -0.4 is 0 Å². The van der Waals surface area contributed by atoms with Gasteiger partial charge in [0.05, 0.1) is 0 Å². The predicted octanol–water partition coefficient (Wildman–Crippen LogP) is 3.94. The molecule has 86 valence electrons. The topological polar surface area (TPSA) is 0 Å². The van der Waals surface area contributed by atoms with Gasteiger partial charge in [0.15, 0.2) is 0 Å². The summed E-state index contributed by atoms with van der Waals surface area (Å²) >= 11 is -0.312. The van der Waals surface area contributed by atoms with Gasteiger partial charge in [-0.3, -0.25) is 0 Å². The van der Waals surface area contributed by atoms with E-state index < -0.39 is 28.6 Å². The minimum Gasteiger partial charge on any atom is -0.200 e. The number of hydrogen-bond donors (Lipinski definition) is 0. The summed E-state index contributed by atoms with van der Waals surface area (Å²) in [5.41, 5.74) is 0. The van der Waals surface area contributed by atoms with E-state index in [2.05, 4.69) is 0 Å². The Morgan fingerprint density at radius 1 is 0.714 bits per heavy atom. The molecule has 0 aliphatic carbocycles. The van der Waals surface area contributed by atoms with E-state index in [4.69, 9.17) is 0 Å². The minimum atomic E-state index is -6.11. The maximum atomic E-state index is 12.2. The van der Waals surface area contributed by atoms with Crippen molar-refractivity contribution in [3.8, 4) is 0 Å². The quantitative estimate of drug-likeness (QED) is 0.414. The van der Waals surface area contributed by atoms with Gasteiger partial charge < -0.3 is 0 Å². The molecule has 0 heterocycles. The van der Waals surface area contributed by atoms with Gasteiger partial charge in [0, 0.05) is 29.5 Å². The Morgan fingerprint density at radius 2 is 1.00 bits per heavy atom. The molecule has 0 spiro atoms. The monoisotopic (exact) mass is 342 g/mol. The molecule has 0 bridgehead atoms. The summed E-state index contributed by atoms with van der Waals surface area (Å²) in [4.78, 5) is 0. The normalized spacial score (nSPS) is 15.9. The Labute approximate surface area is 86.8 Å². The zero-order valence-corrected chi connectivity index (χ0v) is 8.56. The Balaban J connectivity index is 5.30. The molecule has 0 saturated heterocycles. The number of rotatable bonds is 3. The van der Waals surface area contributed by atoms with Crippen LogP contribution in [0.5, 0.6) is 0 Å². The molecule has 9 heteroatoms. The molecule has 0 amide bonds. The van der Waals surface area contributed by atoms with Crippen LogP contribution in [0.4, 0.5) is 35.1 Å². The van der Waals surface area contributed by atoms with E-state index in [9.17, 15) is 35.1 Å². The molecule has 0 fully saturated rings. The molecule has 0 aromatic heterocycles. The molecular weight excluding hydrogens is 339 g/mol. The molecule has 0 nitrogen and oxygen atoms in total. The third kappa shape index (κ3) is 2.06. The van der Waals surface area contributed by atoms with Crippen molar-refractivity contribution in [2.75, 3.05) is 0 Å². The highest BCUT2D eigenvalue weighted by molar-refractivity contribution is 14.1. The summed E-state index contributed by atoms with van der Waals surface area (Å²) in [6, 6.07) is 0. The first-order valence-electron chi connectivity index (χ1n) is 2.95. The van der Waals surface area contributed by atoms with Gasteiger partial charge in [-0.05, 0) is 0 Å². The van der Waals surface area contributed by atoms with Gasteiger partial charge in [-0.25, -0.2) is 0 Å². The van der Waals surface area contributed by atoms with E-state index in [0.29, 0.717) is 0 Å². The van der Waals surface area contributed by atoms with Crippen LogP contribution in [0, 0.1) is 0 Å². The summed E-state index contributed by atoms with van der Waals surface area (Å²) in [5.74, 6) is -17.4. The maximum Gasteiger partial charge on any atom is 0.387 e. The smallest absolute Gasteiger partial charge is 0.200 e. The first-order valence-corrected chi connectivity index (χ1v) is 4.03. The Kier molecular flexibility index (Phi) is 3.38. The zero-order chi connectivity index (χ0) is 12.0. The van der Waals surface area contributed by atoms with E-state index in [1.165, 1.54) is 0 Å². The van der Waals surface area contributed by atoms with E-state index in [1.807, 2.05) is 0 Å². The first-order chi connectivity index (χ1) is 5.75. The third-order valence-corrected chi connectivity index (χ3v) is 1.98. The molecule has 0 aromatic carbocycles. The van der Waals surface area contributed by atoms with Crippen molar-refractivity contribution in [1.29, 1.82) is 0 Å². The second kappa shape index (κ2) is 3.34. The van der Waals surface area contributed by atoms with Crippen molar-refractivity contribution in [3.63, 3.8) is 0 Å². The summed E-state index contributed by atoms with van der Waals surface area (Å²) in [5, 5.41) is 0. The van der Waals surface area contributed by atoms with Crippen LogP contribution in [0.3, 0.4) is 0 Å². The van der Waals surface area contributed by atoms with Crippen molar-refractivity contribution in [3.05, 3.63) is 0 Å². The van der Waals surface area contributed by atoms with Crippen LogP contribution >= 0.6 is 22.6 Å². The van der Waals surface area contributed by atoms with Crippen LogP contribution in [0.15, 0.2) is 0 Å². The summed E-state index contributed by atoms with van der Waals surface area (Å²) in [7, 11) is 0. The van der Waals surface area contributed by atoms with Crippen LogP contribution in [0.1, 0.15) is 6.92 Å². The zero-order valence-electron chi connectivity index (χ0n) is 6.40. The Hall–Kier alpha value is 0.170. The highest BCUT2D eigenvalue weighted by atomic mass is 127. The fourth-order valence-electron chi connectivity index (χ4n) is 0.454. The molecular formula is C5H3F8I. The van der Waals surface area contributed by atoms with Crippen molar-refractivity contribution in [2.45, 2.75) is 28.6 Å². The van der Waals surface area contributed by atoms with Gasteiger partial charge >= 0.3 is 21.7 Å². The molecule has 0 aromatic rings. The van der Waals surface area contributed by atoms with Crippen molar-refractivity contribution in [2.24, 2.45) is 0 Å². The second-order valence-corrected chi connectivity index (χ2v) is 3.89. The van der Waals surface area contributed by atoms with E-state index in [-0.39, 0.29) is 22.6 Å². The van der Waals surface area contributed by atoms with E-state index >= 15 is 0 Å². The largest absolute Gasteiger partial charge is 0.387 e. The lowest BCUT2D eigenvalue weighted by molar-refractivity contribution is -0.337. The summed E-state index contributed by atoms with van der Waals surface area (Å²) in [6.07, 6.45) is 0. The average Bonchev–Trinajstić information content (AvgIpc) is 1.81. The molecule has 0 rings (SSSR count). The molecule has 0 atom stereocenters. The molecule has 0 aliphatic heterocycles. The van der Waals surface area contributed by atoms with Crippen molar-refractivity contribution < 1.29 is 35.1 Å². The predicted molar refractivity (Wildman–Crippen MR) is 39.5 cm³/mol. The van der Waals surface area contributed by atoms with E-state index in [0.717, 1.165) is 0 Å². The Morgan fingerprint density at radius 3 is 1.07 bits per heavy atom. The van der Waals surface area contributed by atoms with Crippen molar-refractivity contribution >= 4 is 22.6 Å². The maximum absolute atomic E-state index is 12.2. The van der Waals surface area contributed by atoms with Gasteiger partial charge in [0.2, 0.25) is 0 Å². The molecule has 0 saturated carbocycles. The van der Waals surface area contributed by atoms with Gasteiger partial charge in [-0.15, -0.1) is 0 Å². The van der Waals surface area contributed by atoms with Crippen LogP contribution in [-0.4, -0.2) is 21.7 Å². The number of alkyl halides is 9. The molecule has 0 radical (unpaired) electrons. The van der Waals surface area contributed by atoms with Gasteiger partial charge in [-0.2, -0.15) is 35.1 Å². The molecule has 0 unspecified atom stereocenters. The van der Waals surface area contributed by atoms with Gasteiger partial charge in [0.1, 0.15) is 0 Å². The number of hydrogen-bond acceptors (Lipinski definition) is 0. The Bertz CT molecular complexity index is 187. The fraction of sp³-hybridized carbons (Fsp3) is 1.00. The standard InChI is InChI=1S/C5H3F8I/c1-2(6,7)3(8,9)4(10,11)5(12,13)14/h1H3. The lowest BCUT2D eigenvalue weighted by atomic mass is 10.1. The average molecular weight is 342 g/mol. The van der Waals surface area contributed by atoms with E-state index in [1.54, 1.807) is 0 Å². The third-order valence-electron chi connectivity index (χ3n) is 1.30. The lowest BCUT2D eigenvalue weighted by Crippen LogP contribution is -2.59. The highest BCUT2D eigenvalue weighted by Crippen LogP contribution is 2.54. The van der Waals surface area contributed by atoms with Gasteiger partial charge in [0.25, 0.3) is 0 Å². The summed E-state index contributed by atoms with van der Waals surface area (Å²) < 4.78 is 91.4. The highest BCUT2D eigenvalue weighted by Gasteiger charge is 2.78. The summed E-state index contributed by atoms with van der Waals surface area (Å²) in [6.45, 7) is -0.552. The van der Waals surface area contributed by atoms with Crippen LogP contribution in [-0.2, 0) is 0 Å². The van der Waals surface area contributed by atoms with Crippen LogP contribution in [0.2, 0.25) is 0 Å². The van der Waals surface area contributed by atoms with Crippen molar-refractivity contribution in [1.82, 2.24) is 0 Å². The lowest BCUT2D eigenvalue weighted by Gasteiger charge is -2.32. The SMILES string of the molecule is CC(F)(F)C(F)(F)C(F)(F)C(F)(F)I. The van der Waals surface area contributed by atoms with Crippen LogP contribution in [0.25, 0.3) is 0 Å². The fourth-order valence-corrected chi connectivity index (χ4v) is 0.792. The van der Waals surface area contributed by atoms with Gasteiger partial charge in [-0.1, -0.05) is 0 Å². The second-order valence-electron chi connectivity index (χ2n) is 2.53. The molecule has 14 heavy (non-hydrogen) atoms. The molecule has 0 aliphatic rings.